The number of anilines is 2. The van der Waals surface area contributed by atoms with Gasteiger partial charge in [-0.1, -0.05) is 29.8 Å². The molecular weight excluding hydrogens is 362 g/mol. The Morgan fingerprint density at radius 2 is 1.93 bits per heavy atom. The van der Waals surface area contributed by atoms with Crippen LogP contribution in [0.4, 0.5) is 11.4 Å². The highest BCUT2D eigenvalue weighted by atomic mass is 35.5. The molecule has 0 saturated carbocycles. The first-order chi connectivity index (χ1) is 13.1. The van der Waals surface area contributed by atoms with E-state index in [-0.39, 0.29) is 5.91 Å². The maximum Gasteiger partial charge on any atom is 0.274 e. The van der Waals surface area contributed by atoms with Crippen molar-refractivity contribution < 1.29 is 9.53 Å². The number of carbonyl (C=O) groups excluding carboxylic acids is 1. The van der Waals surface area contributed by atoms with Gasteiger partial charge < -0.3 is 15.4 Å². The van der Waals surface area contributed by atoms with Gasteiger partial charge in [0.25, 0.3) is 5.91 Å². The summed E-state index contributed by atoms with van der Waals surface area (Å²) in [5, 5.41) is 6.83. The maximum atomic E-state index is 12.3. The fraction of sp³-hybridized carbons (Fsp3) is 0.143. The standard InChI is InChI=1S/C21H20ClN3O2/c1-27-19-7-3-6-17(13-19)25-21(26)20-9-8-18(14-24-20)23-11-10-15-4-2-5-16(22)12-15/h2-9,12-14,23H,10-11H2,1H3,(H,25,26). The molecule has 6 heteroatoms. The van der Waals surface area contributed by atoms with Crippen LogP contribution in [0.5, 0.6) is 5.75 Å². The molecule has 0 radical (unpaired) electrons. The lowest BCUT2D eigenvalue weighted by Gasteiger charge is -2.09. The SMILES string of the molecule is COc1cccc(NC(=O)c2ccc(NCCc3cccc(Cl)c3)cn2)c1. The number of benzene rings is 2. The molecule has 0 aliphatic heterocycles. The molecule has 0 aliphatic rings. The summed E-state index contributed by atoms with van der Waals surface area (Å²) < 4.78 is 5.15. The fourth-order valence-corrected chi connectivity index (χ4v) is 2.79. The average molecular weight is 382 g/mol. The minimum absolute atomic E-state index is 0.270. The van der Waals surface area contributed by atoms with Crippen molar-refractivity contribution in [3.05, 3.63) is 83.1 Å². The smallest absolute Gasteiger partial charge is 0.274 e. The number of carbonyl (C=O) groups is 1. The van der Waals surface area contributed by atoms with Gasteiger partial charge in [0.15, 0.2) is 0 Å². The number of hydrogen-bond donors (Lipinski definition) is 2. The summed E-state index contributed by atoms with van der Waals surface area (Å²) in [7, 11) is 1.58. The van der Waals surface area contributed by atoms with Gasteiger partial charge in [0, 0.05) is 23.3 Å². The van der Waals surface area contributed by atoms with E-state index in [2.05, 4.69) is 15.6 Å². The first-order valence-electron chi connectivity index (χ1n) is 8.54. The van der Waals surface area contributed by atoms with Crippen LogP contribution < -0.4 is 15.4 Å². The quantitative estimate of drug-likeness (QED) is 0.625. The van der Waals surface area contributed by atoms with E-state index in [1.54, 1.807) is 31.5 Å². The van der Waals surface area contributed by atoms with Crippen molar-refractivity contribution in [2.24, 2.45) is 0 Å². The van der Waals surface area contributed by atoms with Crippen LogP contribution in [0.25, 0.3) is 0 Å². The van der Waals surface area contributed by atoms with Crippen LogP contribution in [0.3, 0.4) is 0 Å². The summed E-state index contributed by atoms with van der Waals surface area (Å²) in [5.74, 6) is 0.411. The van der Waals surface area contributed by atoms with Crippen LogP contribution in [-0.2, 0) is 6.42 Å². The lowest BCUT2D eigenvalue weighted by atomic mass is 10.1. The molecule has 2 N–H and O–H groups in total. The predicted octanol–water partition coefficient (Wildman–Crippen LogP) is 4.65. The Morgan fingerprint density at radius 1 is 1.07 bits per heavy atom. The van der Waals surface area contributed by atoms with E-state index in [9.17, 15) is 4.79 Å². The van der Waals surface area contributed by atoms with Crippen molar-refractivity contribution in [1.29, 1.82) is 0 Å². The number of pyridine rings is 1. The van der Waals surface area contributed by atoms with Crippen molar-refractivity contribution in [3.8, 4) is 5.75 Å². The summed E-state index contributed by atoms with van der Waals surface area (Å²) in [5.41, 5.74) is 3.02. The molecule has 0 bridgehead atoms. The van der Waals surface area contributed by atoms with E-state index >= 15 is 0 Å². The molecule has 138 valence electrons. The van der Waals surface area contributed by atoms with Crippen LogP contribution >= 0.6 is 11.6 Å². The van der Waals surface area contributed by atoms with E-state index in [0.717, 1.165) is 29.2 Å². The zero-order valence-corrected chi connectivity index (χ0v) is 15.7. The Hall–Kier alpha value is -3.05. The van der Waals surface area contributed by atoms with Crippen molar-refractivity contribution in [2.45, 2.75) is 6.42 Å². The molecule has 0 aliphatic carbocycles. The lowest BCUT2D eigenvalue weighted by molar-refractivity contribution is 0.102. The molecule has 2 aromatic carbocycles. The third-order valence-electron chi connectivity index (χ3n) is 3.96. The molecule has 0 spiro atoms. The molecule has 0 saturated heterocycles. The third kappa shape index (κ3) is 5.46. The third-order valence-corrected chi connectivity index (χ3v) is 4.19. The molecule has 0 atom stereocenters. The predicted molar refractivity (Wildman–Crippen MR) is 109 cm³/mol. The van der Waals surface area contributed by atoms with Crippen LogP contribution in [0.15, 0.2) is 66.9 Å². The van der Waals surface area contributed by atoms with Gasteiger partial charge in [-0.25, -0.2) is 4.98 Å². The molecule has 0 fully saturated rings. The summed E-state index contributed by atoms with van der Waals surface area (Å²) >= 11 is 5.99. The Labute approximate surface area is 163 Å². The van der Waals surface area contributed by atoms with E-state index < -0.39 is 0 Å². The van der Waals surface area contributed by atoms with Gasteiger partial charge in [0.05, 0.1) is 19.0 Å². The molecule has 1 heterocycles. The molecule has 5 nitrogen and oxygen atoms in total. The van der Waals surface area contributed by atoms with Gasteiger partial charge in [-0.2, -0.15) is 0 Å². The zero-order valence-electron chi connectivity index (χ0n) is 14.9. The second-order valence-electron chi connectivity index (χ2n) is 5.92. The molecular formula is C21H20ClN3O2. The molecule has 1 aromatic heterocycles. The number of nitrogens with one attached hydrogen (secondary N) is 2. The number of nitrogens with zero attached hydrogens (tertiary/aromatic N) is 1. The van der Waals surface area contributed by atoms with Crippen LogP contribution in [0, 0.1) is 0 Å². The Bertz CT molecular complexity index is 913. The van der Waals surface area contributed by atoms with Gasteiger partial charge in [-0.15, -0.1) is 0 Å². The monoisotopic (exact) mass is 381 g/mol. The van der Waals surface area contributed by atoms with Gasteiger partial charge in [0.1, 0.15) is 11.4 Å². The van der Waals surface area contributed by atoms with Gasteiger partial charge >= 0.3 is 0 Å². The summed E-state index contributed by atoms with van der Waals surface area (Å²) in [6, 6.07) is 18.5. The second kappa shape index (κ2) is 9.05. The van der Waals surface area contributed by atoms with Crippen molar-refractivity contribution in [2.75, 3.05) is 24.3 Å². The summed E-state index contributed by atoms with van der Waals surface area (Å²) in [4.78, 5) is 16.5. The topological polar surface area (TPSA) is 63.2 Å². The normalized spacial score (nSPS) is 10.3. The van der Waals surface area contributed by atoms with Gasteiger partial charge in [-0.05, 0) is 48.4 Å². The number of rotatable bonds is 7. The molecule has 3 aromatic rings. The fourth-order valence-electron chi connectivity index (χ4n) is 2.57. The van der Waals surface area contributed by atoms with Crippen LogP contribution in [0.2, 0.25) is 5.02 Å². The van der Waals surface area contributed by atoms with E-state index in [1.807, 2.05) is 42.5 Å². The number of hydrogen-bond acceptors (Lipinski definition) is 4. The van der Waals surface area contributed by atoms with Crippen LogP contribution in [-0.4, -0.2) is 24.5 Å². The molecule has 27 heavy (non-hydrogen) atoms. The largest absolute Gasteiger partial charge is 0.497 e. The summed E-state index contributed by atoms with van der Waals surface area (Å²) in [6.07, 6.45) is 2.50. The van der Waals surface area contributed by atoms with E-state index in [0.29, 0.717) is 17.1 Å². The average Bonchev–Trinajstić information content (AvgIpc) is 2.69. The van der Waals surface area contributed by atoms with E-state index in [4.69, 9.17) is 16.3 Å². The molecule has 1 amide bonds. The number of aromatic nitrogens is 1. The van der Waals surface area contributed by atoms with Gasteiger partial charge in [0.2, 0.25) is 0 Å². The van der Waals surface area contributed by atoms with E-state index in [1.165, 1.54) is 0 Å². The first-order valence-corrected chi connectivity index (χ1v) is 8.91. The second-order valence-corrected chi connectivity index (χ2v) is 6.36. The lowest BCUT2D eigenvalue weighted by Crippen LogP contribution is -2.14. The van der Waals surface area contributed by atoms with Crippen LogP contribution in [0.1, 0.15) is 16.1 Å². The number of methoxy groups -OCH3 is 1. The Morgan fingerprint density at radius 3 is 2.67 bits per heavy atom. The highest BCUT2D eigenvalue weighted by molar-refractivity contribution is 6.30. The number of halogens is 1. The highest BCUT2D eigenvalue weighted by Crippen LogP contribution is 2.17. The number of amides is 1. The Balaban J connectivity index is 1.53. The van der Waals surface area contributed by atoms with Crippen molar-refractivity contribution >= 4 is 28.9 Å². The molecule has 0 unspecified atom stereocenters. The molecule has 3 rings (SSSR count). The van der Waals surface area contributed by atoms with Crippen molar-refractivity contribution in [1.82, 2.24) is 4.98 Å². The minimum Gasteiger partial charge on any atom is -0.497 e. The zero-order chi connectivity index (χ0) is 19.1. The maximum absolute atomic E-state index is 12.3. The van der Waals surface area contributed by atoms with Gasteiger partial charge in [-0.3, -0.25) is 4.79 Å². The number of ether oxygens (including phenoxy) is 1. The highest BCUT2D eigenvalue weighted by Gasteiger charge is 2.08. The Kier molecular flexibility index (Phi) is 6.28. The minimum atomic E-state index is -0.270. The van der Waals surface area contributed by atoms with Crippen molar-refractivity contribution in [3.63, 3.8) is 0 Å². The first kappa shape index (κ1) is 18.7. The summed E-state index contributed by atoms with van der Waals surface area (Å²) in [6.45, 7) is 0.747.